The van der Waals surface area contributed by atoms with Crippen molar-refractivity contribution in [1.82, 2.24) is 4.90 Å². The number of nitrogens with zero attached hydrogens (tertiary/aromatic N) is 1. The van der Waals surface area contributed by atoms with Crippen molar-refractivity contribution in [2.75, 3.05) is 0 Å². The van der Waals surface area contributed by atoms with E-state index in [1.54, 1.807) is 0 Å². The maximum absolute atomic E-state index is 12.4. The van der Waals surface area contributed by atoms with Crippen molar-refractivity contribution >= 4 is 17.8 Å². The first-order valence-electron chi connectivity index (χ1n) is 6.74. The molecular formula is C14H17NO4. The Bertz CT molecular complexity index is 468. The average Bonchev–Trinajstić information content (AvgIpc) is 3.19. The summed E-state index contributed by atoms with van der Waals surface area (Å²) in [6.07, 6.45) is 6.45. The molecule has 19 heavy (non-hydrogen) atoms. The summed E-state index contributed by atoms with van der Waals surface area (Å²) in [5.74, 6) is -2.45. The number of aliphatic carboxylic acids is 1. The van der Waals surface area contributed by atoms with Crippen LogP contribution in [0.3, 0.4) is 0 Å². The van der Waals surface area contributed by atoms with Gasteiger partial charge in [0.05, 0.1) is 11.8 Å². The normalized spacial score (nSPS) is 33.2. The van der Waals surface area contributed by atoms with Crippen LogP contribution in [0, 0.1) is 17.8 Å². The maximum atomic E-state index is 12.4. The highest BCUT2D eigenvalue weighted by molar-refractivity contribution is 6.09. The first-order valence-corrected chi connectivity index (χ1v) is 6.74. The first kappa shape index (κ1) is 12.4. The Morgan fingerprint density at radius 2 is 1.68 bits per heavy atom. The molecule has 3 aliphatic rings. The lowest BCUT2D eigenvalue weighted by atomic mass is 9.85. The number of carbonyl (C=O) groups is 3. The minimum absolute atomic E-state index is 0.0917. The Kier molecular flexibility index (Phi) is 2.56. The highest BCUT2D eigenvalue weighted by Crippen LogP contribution is 2.48. The summed E-state index contributed by atoms with van der Waals surface area (Å²) in [4.78, 5) is 37.6. The highest BCUT2D eigenvalue weighted by Gasteiger charge is 2.61. The molecule has 1 N–H and O–H groups in total. The van der Waals surface area contributed by atoms with Crippen molar-refractivity contribution in [3.05, 3.63) is 12.2 Å². The Morgan fingerprint density at radius 1 is 1.21 bits per heavy atom. The van der Waals surface area contributed by atoms with Gasteiger partial charge in [-0.3, -0.25) is 14.5 Å². The summed E-state index contributed by atoms with van der Waals surface area (Å²) in [7, 11) is 0. The van der Waals surface area contributed by atoms with E-state index in [0.717, 1.165) is 17.7 Å². The average molecular weight is 263 g/mol. The van der Waals surface area contributed by atoms with E-state index in [2.05, 4.69) is 0 Å². The van der Waals surface area contributed by atoms with Crippen molar-refractivity contribution in [1.29, 1.82) is 0 Å². The molecule has 5 heteroatoms. The molecule has 5 nitrogen and oxygen atoms in total. The number of fused-ring (bicyclic) bond motifs is 1. The fraction of sp³-hybridized carbons (Fsp3) is 0.643. The van der Waals surface area contributed by atoms with Gasteiger partial charge in [0.25, 0.3) is 0 Å². The monoisotopic (exact) mass is 263 g/mol. The van der Waals surface area contributed by atoms with Gasteiger partial charge in [0.15, 0.2) is 0 Å². The number of hydrogen-bond donors (Lipinski definition) is 1. The van der Waals surface area contributed by atoms with E-state index in [0.29, 0.717) is 12.8 Å². The van der Waals surface area contributed by atoms with E-state index < -0.39 is 11.5 Å². The lowest BCUT2D eigenvalue weighted by Gasteiger charge is -2.34. The van der Waals surface area contributed by atoms with Crippen LogP contribution in [0.1, 0.15) is 32.6 Å². The summed E-state index contributed by atoms with van der Waals surface area (Å²) in [5, 5.41) is 9.51. The fourth-order valence-electron chi connectivity index (χ4n) is 3.36. The van der Waals surface area contributed by atoms with E-state index >= 15 is 0 Å². The number of carbonyl (C=O) groups excluding carboxylic acids is 2. The standard InChI is InChI=1S/C14H17NO4/c1-14(13(18)19,8-6-7-8)15-11(16)9-4-2-3-5-10(9)12(15)17/h2-3,8-10H,4-7H2,1H3,(H,18,19)/t9-,10+,14?. The van der Waals surface area contributed by atoms with E-state index in [-0.39, 0.29) is 29.6 Å². The van der Waals surface area contributed by atoms with Crippen molar-refractivity contribution in [2.24, 2.45) is 17.8 Å². The predicted molar refractivity (Wildman–Crippen MR) is 66.0 cm³/mol. The number of amides is 2. The third kappa shape index (κ3) is 1.57. The van der Waals surface area contributed by atoms with Gasteiger partial charge in [0, 0.05) is 0 Å². The van der Waals surface area contributed by atoms with Crippen molar-refractivity contribution < 1.29 is 19.5 Å². The van der Waals surface area contributed by atoms with Gasteiger partial charge in [0.2, 0.25) is 11.8 Å². The van der Waals surface area contributed by atoms with Gasteiger partial charge < -0.3 is 5.11 Å². The predicted octanol–water partition coefficient (Wildman–Crippen LogP) is 1.19. The Labute approximate surface area is 111 Å². The zero-order valence-corrected chi connectivity index (χ0v) is 10.8. The van der Waals surface area contributed by atoms with Crippen LogP contribution < -0.4 is 0 Å². The molecule has 0 spiro atoms. The topological polar surface area (TPSA) is 74.7 Å². The molecule has 1 aliphatic heterocycles. The molecule has 2 amide bonds. The van der Waals surface area contributed by atoms with Crippen LogP contribution in [0.4, 0.5) is 0 Å². The Morgan fingerprint density at radius 3 is 2.05 bits per heavy atom. The highest BCUT2D eigenvalue weighted by atomic mass is 16.4. The number of imide groups is 1. The van der Waals surface area contributed by atoms with Crippen LogP contribution in [-0.4, -0.2) is 33.3 Å². The molecule has 3 rings (SSSR count). The second-order valence-electron chi connectivity index (χ2n) is 5.89. The Balaban J connectivity index is 1.99. The zero-order valence-electron chi connectivity index (χ0n) is 10.8. The maximum Gasteiger partial charge on any atom is 0.330 e. The molecule has 2 aliphatic carbocycles. The van der Waals surface area contributed by atoms with Crippen LogP contribution in [0.2, 0.25) is 0 Å². The van der Waals surface area contributed by atoms with Gasteiger partial charge in [0.1, 0.15) is 5.54 Å². The smallest absolute Gasteiger partial charge is 0.330 e. The van der Waals surface area contributed by atoms with Crippen molar-refractivity contribution in [3.8, 4) is 0 Å². The zero-order chi connectivity index (χ0) is 13.8. The molecule has 0 radical (unpaired) electrons. The molecule has 2 fully saturated rings. The molecule has 0 bridgehead atoms. The third-order valence-corrected chi connectivity index (χ3v) is 4.78. The molecule has 1 heterocycles. The summed E-state index contributed by atoms with van der Waals surface area (Å²) in [6.45, 7) is 1.52. The molecule has 0 aromatic rings. The quantitative estimate of drug-likeness (QED) is 0.613. The summed E-state index contributed by atoms with van der Waals surface area (Å²) in [6, 6.07) is 0. The number of allylic oxidation sites excluding steroid dienone is 2. The SMILES string of the molecule is CC(C(=O)O)(C1CC1)N1C(=O)[C@H]2CC=CC[C@H]2C1=O. The molecule has 1 saturated heterocycles. The number of likely N-dealkylation sites (tertiary alicyclic amines) is 1. The number of carboxylic acids is 1. The number of carboxylic acid groups (broad SMARTS) is 1. The third-order valence-electron chi connectivity index (χ3n) is 4.78. The van der Waals surface area contributed by atoms with Gasteiger partial charge in [-0.15, -0.1) is 0 Å². The van der Waals surface area contributed by atoms with Gasteiger partial charge >= 0.3 is 5.97 Å². The number of hydrogen-bond acceptors (Lipinski definition) is 3. The van der Waals surface area contributed by atoms with E-state index in [4.69, 9.17) is 0 Å². The molecule has 1 saturated carbocycles. The van der Waals surface area contributed by atoms with Gasteiger partial charge in [-0.05, 0) is 38.5 Å². The summed E-state index contributed by atoms with van der Waals surface area (Å²) >= 11 is 0. The Hall–Kier alpha value is -1.65. The van der Waals surface area contributed by atoms with E-state index in [9.17, 15) is 19.5 Å². The van der Waals surface area contributed by atoms with Crippen LogP contribution in [0.25, 0.3) is 0 Å². The molecule has 0 aromatic heterocycles. The van der Waals surface area contributed by atoms with Gasteiger partial charge in [-0.25, -0.2) is 4.79 Å². The molecular weight excluding hydrogens is 246 g/mol. The van der Waals surface area contributed by atoms with Gasteiger partial charge in [-0.1, -0.05) is 12.2 Å². The number of rotatable bonds is 3. The minimum Gasteiger partial charge on any atom is -0.479 e. The first-order chi connectivity index (χ1) is 8.98. The van der Waals surface area contributed by atoms with E-state index in [1.165, 1.54) is 6.92 Å². The van der Waals surface area contributed by atoms with E-state index in [1.807, 2.05) is 12.2 Å². The summed E-state index contributed by atoms with van der Waals surface area (Å²) < 4.78 is 0. The van der Waals surface area contributed by atoms with Crippen LogP contribution in [0.15, 0.2) is 12.2 Å². The van der Waals surface area contributed by atoms with Crippen molar-refractivity contribution in [2.45, 2.75) is 38.1 Å². The van der Waals surface area contributed by atoms with Crippen molar-refractivity contribution in [3.63, 3.8) is 0 Å². The molecule has 102 valence electrons. The minimum atomic E-state index is -1.36. The van der Waals surface area contributed by atoms with Crippen LogP contribution in [0.5, 0.6) is 0 Å². The largest absolute Gasteiger partial charge is 0.479 e. The summed E-state index contributed by atoms with van der Waals surface area (Å²) in [5.41, 5.74) is -1.36. The fourth-order valence-corrected chi connectivity index (χ4v) is 3.36. The second kappa shape index (κ2) is 3.92. The van der Waals surface area contributed by atoms with Gasteiger partial charge in [-0.2, -0.15) is 0 Å². The molecule has 1 unspecified atom stereocenters. The van der Waals surface area contributed by atoms with Crippen LogP contribution in [-0.2, 0) is 14.4 Å². The molecule has 0 aromatic carbocycles. The lowest BCUT2D eigenvalue weighted by molar-refractivity contribution is -0.164. The van der Waals surface area contributed by atoms with Crippen LogP contribution >= 0.6 is 0 Å². The second-order valence-corrected chi connectivity index (χ2v) is 5.89. The molecule has 3 atom stereocenters. The lowest BCUT2D eigenvalue weighted by Crippen LogP contribution is -2.57.